The Kier molecular flexibility index (Phi) is 9.05. The minimum absolute atomic E-state index is 0.183. The van der Waals surface area contributed by atoms with E-state index in [1.165, 1.54) is 27.8 Å². The maximum Gasteiger partial charge on any atom is 0.165 e. The fraction of sp³-hybridized carbons (Fsp3) is 0.515. The van der Waals surface area contributed by atoms with E-state index in [9.17, 15) is 0 Å². The van der Waals surface area contributed by atoms with E-state index in [1.54, 1.807) is 21.3 Å². The van der Waals surface area contributed by atoms with Gasteiger partial charge in [-0.1, -0.05) is 31.6 Å². The zero-order valence-electron chi connectivity index (χ0n) is 24.5. The second-order valence-corrected chi connectivity index (χ2v) is 11.5. The van der Waals surface area contributed by atoms with Crippen LogP contribution < -0.4 is 18.9 Å². The second-order valence-electron chi connectivity index (χ2n) is 11.5. The summed E-state index contributed by atoms with van der Waals surface area (Å²) in [6, 6.07) is 6.44. The van der Waals surface area contributed by atoms with Crippen molar-refractivity contribution in [3.8, 4) is 23.0 Å². The molecule has 1 heterocycles. The van der Waals surface area contributed by atoms with Crippen molar-refractivity contribution >= 4 is 0 Å². The van der Waals surface area contributed by atoms with Gasteiger partial charge in [0.2, 0.25) is 0 Å². The lowest BCUT2D eigenvalue weighted by atomic mass is 9.82. The van der Waals surface area contributed by atoms with Gasteiger partial charge in [0.05, 0.1) is 21.3 Å². The van der Waals surface area contributed by atoms with Crippen LogP contribution in [-0.4, -0.2) is 26.9 Å². The SMILES string of the molecule is C=CC(C)(C)c1cc(CCCc2cc(OC)c3c(c2CC=C(C)C)CCC(C)(C)O3)c(OC)cc1OC. The minimum Gasteiger partial charge on any atom is -0.496 e. The summed E-state index contributed by atoms with van der Waals surface area (Å²) in [5.41, 5.74) is 7.30. The van der Waals surface area contributed by atoms with Gasteiger partial charge in [-0.2, -0.15) is 0 Å². The monoisotopic (exact) mass is 506 g/mol. The van der Waals surface area contributed by atoms with Crippen LogP contribution in [-0.2, 0) is 31.1 Å². The number of benzene rings is 2. The fourth-order valence-corrected chi connectivity index (χ4v) is 5.10. The number of hydrogen-bond donors (Lipinski definition) is 0. The molecular weight excluding hydrogens is 460 g/mol. The van der Waals surface area contributed by atoms with Crippen molar-refractivity contribution in [2.24, 2.45) is 0 Å². The molecule has 0 N–H and O–H groups in total. The summed E-state index contributed by atoms with van der Waals surface area (Å²) in [4.78, 5) is 0. The molecule has 0 aromatic heterocycles. The van der Waals surface area contributed by atoms with Gasteiger partial charge in [-0.15, -0.1) is 6.58 Å². The summed E-state index contributed by atoms with van der Waals surface area (Å²) >= 11 is 0. The number of allylic oxidation sites excluding steroid dienone is 3. The van der Waals surface area contributed by atoms with Crippen LogP contribution in [0.15, 0.2) is 42.5 Å². The lowest BCUT2D eigenvalue weighted by molar-refractivity contribution is 0.0800. The Morgan fingerprint density at radius 2 is 1.62 bits per heavy atom. The van der Waals surface area contributed by atoms with E-state index in [1.807, 2.05) is 12.1 Å². The van der Waals surface area contributed by atoms with E-state index in [0.29, 0.717) is 0 Å². The van der Waals surface area contributed by atoms with Crippen LogP contribution in [0.2, 0.25) is 0 Å². The van der Waals surface area contributed by atoms with Gasteiger partial charge in [0.25, 0.3) is 0 Å². The van der Waals surface area contributed by atoms with Crippen LogP contribution >= 0.6 is 0 Å². The standard InChI is InChI=1S/C33H46O4/c1-11-32(4,5)27-19-24(28(34-8)21-29(27)35-9)14-12-13-23-20-30(36-10)31-26(17-18-33(6,7)37-31)25(23)16-15-22(2)3/h11,15,19-21H,1,12-14,16-18H2,2-10H3. The Labute approximate surface area is 224 Å². The van der Waals surface area contributed by atoms with Crippen molar-refractivity contribution in [2.45, 2.75) is 91.1 Å². The molecule has 0 saturated carbocycles. The first-order valence-corrected chi connectivity index (χ1v) is 13.4. The molecule has 0 fully saturated rings. The predicted molar refractivity (Wildman–Crippen MR) is 154 cm³/mol. The normalized spacial score (nSPS) is 14.3. The first kappa shape index (κ1) is 28.7. The van der Waals surface area contributed by atoms with Crippen molar-refractivity contribution in [2.75, 3.05) is 21.3 Å². The molecule has 3 rings (SSSR count). The quantitative estimate of drug-likeness (QED) is 0.290. The highest BCUT2D eigenvalue weighted by atomic mass is 16.5. The highest BCUT2D eigenvalue weighted by molar-refractivity contribution is 5.57. The van der Waals surface area contributed by atoms with Gasteiger partial charge in [-0.25, -0.2) is 0 Å². The molecule has 0 radical (unpaired) electrons. The number of rotatable bonds is 11. The Morgan fingerprint density at radius 1 is 0.973 bits per heavy atom. The Bertz CT molecular complexity index is 1150. The van der Waals surface area contributed by atoms with E-state index in [0.717, 1.165) is 67.1 Å². The highest BCUT2D eigenvalue weighted by Gasteiger charge is 2.31. The van der Waals surface area contributed by atoms with Crippen LogP contribution in [0.1, 0.15) is 82.2 Å². The number of ether oxygens (including phenoxy) is 4. The molecule has 0 spiro atoms. The largest absolute Gasteiger partial charge is 0.496 e. The van der Waals surface area contributed by atoms with Crippen LogP contribution in [0.5, 0.6) is 23.0 Å². The second kappa shape index (κ2) is 11.7. The number of methoxy groups -OCH3 is 3. The summed E-state index contributed by atoms with van der Waals surface area (Å²) in [5.74, 6) is 3.46. The molecule has 4 heteroatoms. The Balaban J connectivity index is 1.96. The fourth-order valence-electron chi connectivity index (χ4n) is 5.10. The number of fused-ring (bicyclic) bond motifs is 1. The molecule has 0 unspecified atom stereocenters. The van der Waals surface area contributed by atoms with Crippen LogP contribution in [0, 0.1) is 0 Å². The van der Waals surface area contributed by atoms with E-state index in [-0.39, 0.29) is 11.0 Å². The van der Waals surface area contributed by atoms with E-state index >= 15 is 0 Å². The molecule has 4 nitrogen and oxygen atoms in total. The Morgan fingerprint density at radius 3 is 2.22 bits per heavy atom. The zero-order valence-corrected chi connectivity index (χ0v) is 24.5. The summed E-state index contributed by atoms with van der Waals surface area (Å²) in [6.45, 7) is 17.0. The highest BCUT2D eigenvalue weighted by Crippen LogP contribution is 2.44. The maximum absolute atomic E-state index is 6.44. The topological polar surface area (TPSA) is 36.9 Å². The van der Waals surface area contributed by atoms with E-state index in [2.05, 4.69) is 66.3 Å². The molecule has 0 bridgehead atoms. The van der Waals surface area contributed by atoms with Crippen molar-refractivity contribution in [3.05, 3.63) is 70.3 Å². The summed E-state index contributed by atoms with van der Waals surface area (Å²) < 4.78 is 23.7. The zero-order chi connectivity index (χ0) is 27.4. The molecule has 2 aromatic rings. The van der Waals surface area contributed by atoms with Crippen LogP contribution in [0.25, 0.3) is 0 Å². The van der Waals surface area contributed by atoms with Gasteiger partial charge in [-0.3, -0.25) is 0 Å². The van der Waals surface area contributed by atoms with E-state index < -0.39 is 0 Å². The third-order valence-electron chi connectivity index (χ3n) is 7.54. The first-order chi connectivity index (χ1) is 17.5. The van der Waals surface area contributed by atoms with E-state index in [4.69, 9.17) is 18.9 Å². The van der Waals surface area contributed by atoms with Crippen molar-refractivity contribution in [1.29, 1.82) is 0 Å². The lowest BCUT2D eigenvalue weighted by Crippen LogP contribution is -2.33. The molecule has 1 aliphatic heterocycles. The van der Waals surface area contributed by atoms with Gasteiger partial charge in [0.1, 0.15) is 17.1 Å². The van der Waals surface area contributed by atoms with Crippen LogP contribution in [0.3, 0.4) is 0 Å². The maximum atomic E-state index is 6.44. The van der Waals surface area contributed by atoms with Gasteiger partial charge in [0, 0.05) is 22.6 Å². The third kappa shape index (κ3) is 6.52. The van der Waals surface area contributed by atoms with Crippen LogP contribution in [0.4, 0.5) is 0 Å². The smallest absolute Gasteiger partial charge is 0.165 e. The molecule has 1 aliphatic rings. The molecular formula is C33H46O4. The predicted octanol–water partition coefficient (Wildman–Crippen LogP) is 7.96. The molecule has 0 amide bonds. The first-order valence-electron chi connectivity index (χ1n) is 13.4. The summed E-state index contributed by atoms with van der Waals surface area (Å²) in [6.07, 6.45) is 10.1. The minimum atomic E-state index is -0.205. The lowest BCUT2D eigenvalue weighted by Gasteiger charge is -2.35. The molecule has 0 atom stereocenters. The third-order valence-corrected chi connectivity index (χ3v) is 7.54. The summed E-state index contributed by atoms with van der Waals surface area (Å²) in [7, 11) is 5.18. The molecule has 37 heavy (non-hydrogen) atoms. The van der Waals surface area contributed by atoms with Crippen molar-refractivity contribution in [3.63, 3.8) is 0 Å². The molecule has 2 aromatic carbocycles. The molecule has 0 aliphatic carbocycles. The Hall–Kier alpha value is -2.88. The van der Waals surface area contributed by atoms with Gasteiger partial charge in [-0.05, 0) is 95.0 Å². The average molecular weight is 507 g/mol. The van der Waals surface area contributed by atoms with Gasteiger partial charge in [0.15, 0.2) is 11.5 Å². The molecule has 202 valence electrons. The van der Waals surface area contributed by atoms with Gasteiger partial charge < -0.3 is 18.9 Å². The molecule has 0 saturated heterocycles. The summed E-state index contributed by atoms with van der Waals surface area (Å²) in [5, 5.41) is 0. The number of aryl methyl sites for hydroxylation is 2. The van der Waals surface area contributed by atoms with Crippen molar-refractivity contribution in [1.82, 2.24) is 0 Å². The average Bonchev–Trinajstić information content (AvgIpc) is 2.86. The number of hydrogen-bond acceptors (Lipinski definition) is 4. The van der Waals surface area contributed by atoms with Crippen molar-refractivity contribution < 1.29 is 18.9 Å². The van der Waals surface area contributed by atoms with Gasteiger partial charge >= 0.3 is 0 Å².